The summed E-state index contributed by atoms with van der Waals surface area (Å²) in [6, 6.07) is 10.9. The van der Waals surface area contributed by atoms with Crippen LogP contribution in [0.2, 0.25) is 5.02 Å². The summed E-state index contributed by atoms with van der Waals surface area (Å²) in [6.07, 6.45) is 3.63. The van der Waals surface area contributed by atoms with Crippen molar-refractivity contribution < 1.29 is 9.21 Å². The van der Waals surface area contributed by atoms with Gasteiger partial charge in [0.15, 0.2) is 5.82 Å². The summed E-state index contributed by atoms with van der Waals surface area (Å²) in [5.74, 6) is 0.232. The first-order valence-corrected chi connectivity index (χ1v) is 7.23. The lowest BCUT2D eigenvalue weighted by Gasteiger charge is -2.05. The van der Waals surface area contributed by atoms with Crippen LogP contribution in [0.15, 0.2) is 53.3 Å². The van der Waals surface area contributed by atoms with Crippen molar-refractivity contribution in [2.75, 3.05) is 5.32 Å². The molecule has 1 amide bonds. The zero-order valence-corrected chi connectivity index (χ0v) is 12.7. The topological polar surface area (TPSA) is 60.1 Å². The number of amides is 1. The lowest BCUT2D eigenvalue weighted by Crippen LogP contribution is -2.11. The van der Waals surface area contributed by atoms with E-state index in [4.69, 9.17) is 16.0 Å². The Labute approximate surface area is 132 Å². The molecule has 0 saturated heterocycles. The average molecular weight is 316 g/mol. The van der Waals surface area contributed by atoms with Gasteiger partial charge < -0.3 is 9.73 Å². The van der Waals surface area contributed by atoms with Gasteiger partial charge in [-0.2, -0.15) is 0 Å². The highest BCUT2D eigenvalue weighted by molar-refractivity contribution is 6.30. The molecule has 6 heteroatoms. The Bertz CT molecular complexity index is 794. The molecule has 0 aliphatic heterocycles. The number of rotatable bonds is 4. The molecule has 3 rings (SSSR count). The van der Waals surface area contributed by atoms with E-state index in [-0.39, 0.29) is 5.91 Å². The summed E-state index contributed by atoms with van der Waals surface area (Å²) in [6.45, 7) is 2.03. The van der Waals surface area contributed by atoms with Gasteiger partial charge in [-0.25, -0.2) is 4.68 Å². The molecular formula is C16H14ClN3O2. The second-order valence-electron chi connectivity index (χ2n) is 4.73. The molecule has 22 heavy (non-hydrogen) atoms. The minimum atomic E-state index is -0.257. The zero-order valence-electron chi connectivity index (χ0n) is 11.9. The predicted octanol–water partition coefficient (Wildman–Crippen LogP) is 3.93. The molecule has 1 N–H and O–H groups in total. The van der Waals surface area contributed by atoms with Crippen molar-refractivity contribution in [2.45, 2.75) is 13.3 Å². The van der Waals surface area contributed by atoms with Crippen molar-refractivity contribution in [3.63, 3.8) is 0 Å². The van der Waals surface area contributed by atoms with Gasteiger partial charge in [0.2, 0.25) is 0 Å². The number of benzene rings is 1. The fourth-order valence-corrected chi connectivity index (χ4v) is 2.33. The first-order chi connectivity index (χ1) is 10.7. The first kappa shape index (κ1) is 14.4. The number of hydrogen-bond acceptors (Lipinski definition) is 3. The highest BCUT2D eigenvalue weighted by Crippen LogP contribution is 2.20. The third kappa shape index (κ3) is 2.89. The molecule has 0 bridgehead atoms. The SMILES string of the molecule is CCc1cc(NC(=O)c2ccoc2)nn1-c1cccc(Cl)c1. The third-order valence-electron chi connectivity index (χ3n) is 3.22. The van der Waals surface area contributed by atoms with Crippen LogP contribution >= 0.6 is 11.6 Å². The summed E-state index contributed by atoms with van der Waals surface area (Å²) in [5, 5.41) is 7.84. The molecule has 2 aromatic heterocycles. The Morgan fingerprint density at radius 3 is 2.91 bits per heavy atom. The quantitative estimate of drug-likeness (QED) is 0.793. The molecule has 5 nitrogen and oxygen atoms in total. The van der Waals surface area contributed by atoms with Crippen molar-refractivity contribution in [1.29, 1.82) is 0 Å². The zero-order chi connectivity index (χ0) is 15.5. The van der Waals surface area contributed by atoms with Gasteiger partial charge >= 0.3 is 0 Å². The van der Waals surface area contributed by atoms with E-state index in [2.05, 4.69) is 10.4 Å². The van der Waals surface area contributed by atoms with Crippen molar-refractivity contribution in [3.8, 4) is 5.69 Å². The number of aromatic nitrogens is 2. The van der Waals surface area contributed by atoms with Crippen LogP contribution < -0.4 is 5.32 Å². The summed E-state index contributed by atoms with van der Waals surface area (Å²) in [7, 11) is 0. The number of hydrogen-bond donors (Lipinski definition) is 1. The van der Waals surface area contributed by atoms with Crippen molar-refractivity contribution in [1.82, 2.24) is 9.78 Å². The number of halogens is 1. The predicted molar refractivity (Wildman–Crippen MR) is 84.6 cm³/mol. The summed E-state index contributed by atoms with van der Waals surface area (Å²) in [4.78, 5) is 12.0. The molecule has 0 aliphatic carbocycles. The van der Waals surface area contributed by atoms with E-state index in [0.717, 1.165) is 17.8 Å². The van der Waals surface area contributed by atoms with E-state index in [1.807, 2.05) is 37.3 Å². The monoisotopic (exact) mass is 315 g/mol. The molecule has 112 valence electrons. The maximum atomic E-state index is 12.0. The van der Waals surface area contributed by atoms with E-state index in [1.54, 1.807) is 10.7 Å². The maximum Gasteiger partial charge on any atom is 0.260 e. The van der Waals surface area contributed by atoms with Crippen LogP contribution in [0.25, 0.3) is 5.69 Å². The minimum absolute atomic E-state index is 0.257. The molecule has 0 saturated carbocycles. The van der Waals surface area contributed by atoms with Crippen LogP contribution in [-0.2, 0) is 6.42 Å². The van der Waals surface area contributed by atoms with Gasteiger partial charge in [0.1, 0.15) is 6.26 Å². The van der Waals surface area contributed by atoms with Crippen LogP contribution in [0.5, 0.6) is 0 Å². The minimum Gasteiger partial charge on any atom is -0.472 e. The van der Waals surface area contributed by atoms with Crippen molar-refractivity contribution in [3.05, 3.63) is 65.2 Å². The average Bonchev–Trinajstić information content (AvgIpc) is 3.16. The Morgan fingerprint density at radius 2 is 2.23 bits per heavy atom. The Kier molecular flexibility index (Phi) is 3.98. The van der Waals surface area contributed by atoms with E-state index in [0.29, 0.717) is 16.4 Å². The van der Waals surface area contributed by atoms with E-state index >= 15 is 0 Å². The highest BCUT2D eigenvalue weighted by atomic mass is 35.5. The van der Waals surface area contributed by atoms with Crippen LogP contribution in [0, 0.1) is 0 Å². The summed E-state index contributed by atoms with van der Waals surface area (Å²) >= 11 is 6.03. The standard InChI is InChI=1S/C16H14ClN3O2/c1-2-13-9-15(18-16(21)11-6-7-22-10-11)19-20(13)14-5-3-4-12(17)8-14/h3-10H,2H2,1H3,(H,18,19,21). The smallest absolute Gasteiger partial charge is 0.260 e. The number of furan rings is 1. The van der Waals surface area contributed by atoms with Crippen molar-refractivity contribution >= 4 is 23.3 Å². The van der Waals surface area contributed by atoms with Gasteiger partial charge in [0.25, 0.3) is 5.91 Å². The molecule has 0 atom stereocenters. The number of carbonyl (C=O) groups excluding carboxylic acids is 1. The molecular weight excluding hydrogens is 302 g/mol. The Morgan fingerprint density at radius 1 is 1.36 bits per heavy atom. The largest absolute Gasteiger partial charge is 0.472 e. The molecule has 3 aromatic rings. The Hall–Kier alpha value is -2.53. The van der Waals surface area contributed by atoms with Gasteiger partial charge in [-0.15, -0.1) is 5.10 Å². The maximum absolute atomic E-state index is 12.0. The normalized spacial score (nSPS) is 10.6. The summed E-state index contributed by atoms with van der Waals surface area (Å²) in [5.41, 5.74) is 2.29. The lowest BCUT2D eigenvalue weighted by molar-refractivity contribution is 0.102. The summed E-state index contributed by atoms with van der Waals surface area (Å²) < 4.78 is 6.68. The molecule has 0 unspecified atom stereocenters. The van der Waals surface area contributed by atoms with Gasteiger partial charge in [0.05, 0.1) is 17.5 Å². The molecule has 0 radical (unpaired) electrons. The first-order valence-electron chi connectivity index (χ1n) is 6.86. The number of aryl methyl sites for hydroxylation is 1. The Balaban J connectivity index is 1.90. The second kappa shape index (κ2) is 6.07. The number of nitrogens with zero attached hydrogens (tertiary/aromatic N) is 2. The van der Waals surface area contributed by atoms with Crippen LogP contribution in [0.3, 0.4) is 0 Å². The van der Waals surface area contributed by atoms with Crippen LogP contribution in [-0.4, -0.2) is 15.7 Å². The molecule has 2 heterocycles. The van der Waals surface area contributed by atoms with E-state index in [9.17, 15) is 4.79 Å². The number of carbonyl (C=O) groups is 1. The van der Waals surface area contributed by atoms with Crippen LogP contribution in [0.4, 0.5) is 5.82 Å². The molecule has 1 aromatic carbocycles. The number of anilines is 1. The van der Waals surface area contributed by atoms with Gasteiger partial charge in [0, 0.05) is 16.8 Å². The molecule has 0 spiro atoms. The lowest BCUT2D eigenvalue weighted by atomic mass is 10.3. The number of nitrogens with one attached hydrogen (secondary N) is 1. The third-order valence-corrected chi connectivity index (χ3v) is 3.46. The van der Waals surface area contributed by atoms with Crippen LogP contribution in [0.1, 0.15) is 23.0 Å². The fraction of sp³-hybridized carbons (Fsp3) is 0.125. The van der Waals surface area contributed by atoms with Gasteiger partial charge in [-0.3, -0.25) is 4.79 Å². The highest BCUT2D eigenvalue weighted by Gasteiger charge is 2.13. The fourth-order valence-electron chi connectivity index (χ4n) is 2.15. The second-order valence-corrected chi connectivity index (χ2v) is 5.17. The van der Waals surface area contributed by atoms with Gasteiger partial charge in [-0.05, 0) is 30.7 Å². The van der Waals surface area contributed by atoms with E-state index in [1.165, 1.54) is 12.5 Å². The molecule has 0 aliphatic rings. The van der Waals surface area contributed by atoms with Gasteiger partial charge in [-0.1, -0.05) is 24.6 Å². The molecule has 0 fully saturated rings. The van der Waals surface area contributed by atoms with Crippen molar-refractivity contribution in [2.24, 2.45) is 0 Å². The van der Waals surface area contributed by atoms with E-state index < -0.39 is 0 Å².